The molecule has 1 rings (SSSR count). The molecule has 1 aromatic rings. The van der Waals surface area contributed by atoms with Gasteiger partial charge in [-0.3, -0.25) is 4.21 Å². The zero-order valence-corrected chi connectivity index (χ0v) is 12.3. The first-order valence-electron chi connectivity index (χ1n) is 6.01. The van der Waals surface area contributed by atoms with Crippen molar-refractivity contribution in [3.8, 4) is 0 Å². The van der Waals surface area contributed by atoms with Crippen molar-refractivity contribution in [1.82, 2.24) is 5.32 Å². The fraction of sp³-hybridized carbons (Fsp3) is 0.571. The predicted molar refractivity (Wildman–Crippen MR) is 75.9 cm³/mol. The van der Waals surface area contributed by atoms with Crippen LogP contribution in [0.5, 0.6) is 0 Å². The molecule has 0 fully saturated rings. The molecule has 0 aliphatic rings. The van der Waals surface area contributed by atoms with Crippen LogP contribution < -0.4 is 5.32 Å². The molecule has 0 saturated heterocycles. The minimum Gasteiger partial charge on any atom is -0.311 e. The Labute approximate surface area is 107 Å². The average Bonchev–Trinajstić information content (AvgIpc) is 2.21. The average molecular weight is 253 g/mol. The highest BCUT2D eigenvalue weighted by molar-refractivity contribution is 7.84. The molecule has 1 aromatic carbocycles. The zero-order chi connectivity index (χ0) is 13.0. The molecule has 17 heavy (non-hydrogen) atoms. The van der Waals surface area contributed by atoms with Gasteiger partial charge in [0.2, 0.25) is 0 Å². The number of benzene rings is 1. The van der Waals surface area contributed by atoms with Crippen molar-refractivity contribution in [1.29, 1.82) is 0 Å². The van der Waals surface area contributed by atoms with Crippen LogP contribution in [0.2, 0.25) is 0 Å². The second-order valence-corrected chi connectivity index (χ2v) is 6.62. The summed E-state index contributed by atoms with van der Waals surface area (Å²) in [5.41, 5.74) is 5.34. The molecule has 0 aromatic heterocycles. The maximum Gasteiger partial charge on any atom is 0.0441 e. The molecule has 2 nitrogen and oxygen atoms in total. The third kappa shape index (κ3) is 4.25. The monoisotopic (exact) mass is 253 g/mol. The molecular formula is C14H23NOS. The normalized spacial score (nSPS) is 14.6. The van der Waals surface area contributed by atoms with Crippen LogP contribution in [-0.4, -0.2) is 22.3 Å². The number of nitrogens with one attached hydrogen (secondary N) is 1. The Bertz CT molecular complexity index is 392. The van der Waals surface area contributed by atoms with Gasteiger partial charge in [0.05, 0.1) is 0 Å². The maximum absolute atomic E-state index is 11.2. The summed E-state index contributed by atoms with van der Waals surface area (Å²) in [5, 5.41) is 3.60. The van der Waals surface area contributed by atoms with Crippen molar-refractivity contribution in [3.05, 3.63) is 34.4 Å². The fourth-order valence-electron chi connectivity index (χ4n) is 2.01. The van der Waals surface area contributed by atoms with Gasteiger partial charge in [-0.25, -0.2) is 0 Å². The van der Waals surface area contributed by atoms with E-state index >= 15 is 0 Å². The summed E-state index contributed by atoms with van der Waals surface area (Å²) in [6.07, 6.45) is 1.76. The van der Waals surface area contributed by atoms with E-state index in [-0.39, 0.29) is 5.25 Å². The van der Waals surface area contributed by atoms with Gasteiger partial charge in [-0.1, -0.05) is 17.7 Å². The topological polar surface area (TPSA) is 29.1 Å². The first-order chi connectivity index (χ1) is 7.91. The van der Waals surface area contributed by atoms with Crippen LogP contribution in [0.1, 0.15) is 29.2 Å². The third-order valence-electron chi connectivity index (χ3n) is 3.14. The number of hydrogen-bond donors (Lipinski definition) is 1. The van der Waals surface area contributed by atoms with Crippen LogP contribution in [0.25, 0.3) is 0 Å². The van der Waals surface area contributed by atoms with E-state index in [9.17, 15) is 4.21 Å². The summed E-state index contributed by atoms with van der Waals surface area (Å²) in [4.78, 5) is 0. The van der Waals surface area contributed by atoms with Gasteiger partial charge in [-0.15, -0.1) is 0 Å². The summed E-state index contributed by atoms with van der Waals surface area (Å²) < 4.78 is 11.2. The van der Waals surface area contributed by atoms with Gasteiger partial charge in [0.1, 0.15) is 0 Å². The highest BCUT2D eigenvalue weighted by atomic mass is 32.2. The highest BCUT2D eigenvalue weighted by Crippen LogP contribution is 2.15. The van der Waals surface area contributed by atoms with Crippen LogP contribution in [0.15, 0.2) is 12.1 Å². The summed E-state index contributed by atoms with van der Waals surface area (Å²) in [6, 6.07) is 4.43. The van der Waals surface area contributed by atoms with E-state index in [4.69, 9.17) is 0 Å². The predicted octanol–water partition coefficient (Wildman–Crippen LogP) is 2.47. The molecule has 0 amide bonds. The van der Waals surface area contributed by atoms with Gasteiger partial charge in [-0.05, 0) is 44.4 Å². The standard InChI is InChI=1S/C14H23NOS/c1-10-6-11(2)14(12(3)7-10)9-15-8-13(4)17(5)16/h6-7,13,15H,8-9H2,1-5H3. The molecule has 0 radical (unpaired) electrons. The lowest BCUT2D eigenvalue weighted by Gasteiger charge is -2.14. The van der Waals surface area contributed by atoms with Gasteiger partial charge in [-0.2, -0.15) is 0 Å². The molecule has 96 valence electrons. The SMILES string of the molecule is Cc1cc(C)c(CNCC(C)S(C)=O)c(C)c1. The Morgan fingerprint density at radius 2 is 1.76 bits per heavy atom. The van der Waals surface area contributed by atoms with E-state index in [1.54, 1.807) is 6.26 Å². The van der Waals surface area contributed by atoms with Crippen LogP contribution in [0.3, 0.4) is 0 Å². The quantitative estimate of drug-likeness (QED) is 0.873. The molecule has 0 spiro atoms. The van der Waals surface area contributed by atoms with E-state index in [0.717, 1.165) is 13.1 Å². The summed E-state index contributed by atoms with van der Waals surface area (Å²) >= 11 is 0. The van der Waals surface area contributed by atoms with Crippen LogP contribution in [0.4, 0.5) is 0 Å². The van der Waals surface area contributed by atoms with Gasteiger partial charge >= 0.3 is 0 Å². The molecule has 0 bridgehead atoms. The minimum absolute atomic E-state index is 0.209. The van der Waals surface area contributed by atoms with Gasteiger partial charge in [0.25, 0.3) is 0 Å². The van der Waals surface area contributed by atoms with Crippen molar-refractivity contribution in [2.75, 3.05) is 12.8 Å². The second kappa shape index (κ2) is 6.31. The lowest BCUT2D eigenvalue weighted by molar-refractivity contribution is 0.645. The molecule has 2 atom stereocenters. The van der Waals surface area contributed by atoms with Gasteiger partial charge < -0.3 is 5.32 Å². The highest BCUT2D eigenvalue weighted by Gasteiger charge is 2.07. The van der Waals surface area contributed by atoms with Crippen molar-refractivity contribution < 1.29 is 4.21 Å². The lowest BCUT2D eigenvalue weighted by Crippen LogP contribution is -2.27. The van der Waals surface area contributed by atoms with Gasteiger partial charge in [0, 0.05) is 35.4 Å². The summed E-state index contributed by atoms with van der Waals surface area (Å²) in [5.74, 6) is 0. The Balaban J connectivity index is 2.61. The third-order valence-corrected chi connectivity index (χ3v) is 4.44. The Morgan fingerprint density at radius 1 is 1.24 bits per heavy atom. The van der Waals surface area contributed by atoms with Crippen LogP contribution >= 0.6 is 0 Å². The van der Waals surface area contributed by atoms with E-state index in [1.807, 2.05) is 6.92 Å². The second-order valence-electron chi connectivity index (χ2n) is 4.82. The smallest absolute Gasteiger partial charge is 0.0441 e. The van der Waals surface area contributed by atoms with Crippen LogP contribution in [-0.2, 0) is 17.3 Å². The van der Waals surface area contributed by atoms with E-state index < -0.39 is 10.8 Å². The van der Waals surface area contributed by atoms with Crippen molar-refractivity contribution in [2.45, 2.75) is 39.5 Å². The molecule has 2 unspecified atom stereocenters. The molecule has 0 aliphatic heterocycles. The van der Waals surface area contributed by atoms with E-state index in [1.165, 1.54) is 22.3 Å². The minimum atomic E-state index is -0.745. The molecule has 3 heteroatoms. The van der Waals surface area contributed by atoms with Gasteiger partial charge in [0.15, 0.2) is 0 Å². The first-order valence-corrected chi connectivity index (χ1v) is 7.63. The summed E-state index contributed by atoms with van der Waals surface area (Å²) in [6.45, 7) is 10.1. The maximum atomic E-state index is 11.2. The Hall–Kier alpha value is -0.670. The molecule has 0 heterocycles. The van der Waals surface area contributed by atoms with Crippen LogP contribution in [0, 0.1) is 20.8 Å². The largest absolute Gasteiger partial charge is 0.311 e. The summed E-state index contributed by atoms with van der Waals surface area (Å²) in [7, 11) is -0.745. The number of aryl methyl sites for hydroxylation is 3. The molecule has 0 saturated carbocycles. The fourth-order valence-corrected chi connectivity index (χ4v) is 2.36. The van der Waals surface area contributed by atoms with E-state index in [0.29, 0.717) is 0 Å². The van der Waals surface area contributed by atoms with Crippen molar-refractivity contribution >= 4 is 10.8 Å². The number of hydrogen-bond acceptors (Lipinski definition) is 2. The molecule has 0 aliphatic carbocycles. The van der Waals surface area contributed by atoms with Crippen molar-refractivity contribution in [2.24, 2.45) is 0 Å². The number of rotatable bonds is 5. The molecule has 1 N–H and O–H groups in total. The Kier molecular flexibility index (Phi) is 5.34. The van der Waals surface area contributed by atoms with E-state index in [2.05, 4.69) is 38.2 Å². The first kappa shape index (κ1) is 14.4. The zero-order valence-electron chi connectivity index (χ0n) is 11.5. The van der Waals surface area contributed by atoms with Crippen molar-refractivity contribution in [3.63, 3.8) is 0 Å². The Morgan fingerprint density at radius 3 is 2.24 bits per heavy atom. The lowest BCUT2D eigenvalue weighted by atomic mass is 10.00. The molecular weight excluding hydrogens is 230 g/mol.